The summed E-state index contributed by atoms with van der Waals surface area (Å²) in [5, 5.41) is 9.43. The SMILES string of the molecule is CCCCN(C)C(=O)N1Cc2ccccc2C[C@H]1C(=O)O. The van der Waals surface area contributed by atoms with E-state index in [0.29, 0.717) is 19.5 Å². The molecule has 1 aliphatic rings. The molecular formula is C16H22N2O3. The van der Waals surface area contributed by atoms with E-state index in [1.165, 1.54) is 4.90 Å². The smallest absolute Gasteiger partial charge is 0.326 e. The van der Waals surface area contributed by atoms with Crippen molar-refractivity contribution < 1.29 is 14.7 Å². The molecule has 1 aromatic carbocycles. The quantitative estimate of drug-likeness (QED) is 0.926. The topological polar surface area (TPSA) is 60.9 Å². The molecule has 0 unspecified atom stereocenters. The maximum Gasteiger partial charge on any atom is 0.326 e. The molecule has 1 heterocycles. The molecule has 0 bridgehead atoms. The van der Waals surface area contributed by atoms with Crippen molar-refractivity contribution in [2.75, 3.05) is 13.6 Å². The lowest BCUT2D eigenvalue weighted by atomic mass is 9.94. The summed E-state index contributed by atoms with van der Waals surface area (Å²) in [4.78, 5) is 27.1. The third kappa shape index (κ3) is 3.35. The lowest BCUT2D eigenvalue weighted by molar-refractivity contribution is -0.142. The number of unbranched alkanes of at least 4 members (excludes halogenated alkanes) is 1. The number of urea groups is 1. The lowest BCUT2D eigenvalue weighted by Crippen LogP contribution is -2.52. The number of benzene rings is 1. The Hall–Kier alpha value is -2.04. The number of carboxylic acid groups (broad SMARTS) is 1. The Morgan fingerprint density at radius 3 is 2.62 bits per heavy atom. The molecule has 1 aliphatic heterocycles. The first-order chi connectivity index (χ1) is 10.0. The lowest BCUT2D eigenvalue weighted by Gasteiger charge is -2.36. The van der Waals surface area contributed by atoms with E-state index < -0.39 is 12.0 Å². The number of nitrogens with zero attached hydrogens (tertiary/aromatic N) is 2. The summed E-state index contributed by atoms with van der Waals surface area (Å²) >= 11 is 0. The third-order valence-electron chi connectivity index (χ3n) is 3.95. The van der Waals surface area contributed by atoms with E-state index in [-0.39, 0.29) is 6.03 Å². The van der Waals surface area contributed by atoms with Crippen molar-refractivity contribution in [3.05, 3.63) is 35.4 Å². The Kier molecular flexibility index (Phi) is 4.83. The van der Waals surface area contributed by atoms with Gasteiger partial charge in [-0.05, 0) is 17.5 Å². The van der Waals surface area contributed by atoms with Gasteiger partial charge in [0, 0.05) is 26.6 Å². The van der Waals surface area contributed by atoms with Crippen molar-refractivity contribution in [2.24, 2.45) is 0 Å². The third-order valence-corrected chi connectivity index (χ3v) is 3.95. The molecule has 2 amide bonds. The van der Waals surface area contributed by atoms with Gasteiger partial charge in [0.1, 0.15) is 6.04 Å². The summed E-state index contributed by atoms with van der Waals surface area (Å²) < 4.78 is 0. The number of fused-ring (bicyclic) bond motifs is 1. The number of rotatable bonds is 4. The molecule has 0 fully saturated rings. The summed E-state index contributed by atoms with van der Waals surface area (Å²) in [5.41, 5.74) is 2.05. The van der Waals surface area contributed by atoms with Crippen molar-refractivity contribution in [3.63, 3.8) is 0 Å². The van der Waals surface area contributed by atoms with Crippen LogP contribution in [-0.2, 0) is 17.8 Å². The molecule has 21 heavy (non-hydrogen) atoms. The van der Waals surface area contributed by atoms with Crippen LogP contribution in [0.5, 0.6) is 0 Å². The van der Waals surface area contributed by atoms with Crippen LogP contribution in [0.25, 0.3) is 0 Å². The molecule has 0 aliphatic carbocycles. The summed E-state index contributed by atoms with van der Waals surface area (Å²) in [5.74, 6) is -0.943. The van der Waals surface area contributed by atoms with Crippen molar-refractivity contribution >= 4 is 12.0 Å². The molecule has 5 nitrogen and oxygen atoms in total. The van der Waals surface area contributed by atoms with E-state index in [1.54, 1.807) is 11.9 Å². The van der Waals surface area contributed by atoms with Crippen LogP contribution in [0.3, 0.4) is 0 Å². The van der Waals surface area contributed by atoms with Crippen molar-refractivity contribution in [1.82, 2.24) is 9.80 Å². The van der Waals surface area contributed by atoms with E-state index in [9.17, 15) is 14.7 Å². The van der Waals surface area contributed by atoms with Crippen LogP contribution < -0.4 is 0 Å². The molecule has 0 saturated heterocycles. The highest BCUT2D eigenvalue weighted by atomic mass is 16.4. The normalized spacial score (nSPS) is 17.2. The van der Waals surface area contributed by atoms with E-state index >= 15 is 0 Å². The zero-order chi connectivity index (χ0) is 15.4. The van der Waals surface area contributed by atoms with Crippen molar-refractivity contribution in [2.45, 2.75) is 38.8 Å². The van der Waals surface area contributed by atoms with Crippen LogP contribution >= 0.6 is 0 Å². The molecule has 0 aromatic heterocycles. The highest BCUT2D eigenvalue weighted by Gasteiger charge is 2.35. The van der Waals surface area contributed by atoms with E-state index in [4.69, 9.17) is 0 Å². The molecule has 1 N–H and O–H groups in total. The highest BCUT2D eigenvalue weighted by molar-refractivity contribution is 5.83. The zero-order valence-corrected chi connectivity index (χ0v) is 12.6. The Balaban J connectivity index is 2.20. The summed E-state index contributed by atoms with van der Waals surface area (Å²) in [6.07, 6.45) is 2.30. The number of hydrogen-bond acceptors (Lipinski definition) is 2. The van der Waals surface area contributed by atoms with E-state index in [2.05, 4.69) is 6.92 Å². The fourth-order valence-corrected chi connectivity index (χ4v) is 2.65. The predicted octanol–water partition coefficient (Wildman–Crippen LogP) is 2.35. The Labute approximate surface area is 125 Å². The zero-order valence-electron chi connectivity index (χ0n) is 12.6. The summed E-state index contributed by atoms with van der Waals surface area (Å²) in [6.45, 7) is 3.08. The first kappa shape index (κ1) is 15.4. The molecule has 114 valence electrons. The number of carbonyl (C=O) groups excluding carboxylic acids is 1. The van der Waals surface area contributed by atoms with Crippen molar-refractivity contribution in [1.29, 1.82) is 0 Å². The highest BCUT2D eigenvalue weighted by Crippen LogP contribution is 2.24. The van der Waals surface area contributed by atoms with Gasteiger partial charge in [0.05, 0.1) is 0 Å². The average molecular weight is 290 g/mol. The fraction of sp³-hybridized carbons (Fsp3) is 0.500. The molecule has 0 spiro atoms. The maximum absolute atomic E-state index is 12.5. The molecule has 1 aromatic rings. The van der Waals surface area contributed by atoms with Gasteiger partial charge < -0.3 is 14.9 Å². The van der Waals surface area contributed by atoms with Crippen LogP contribution in [0, 0.1) is 0 Å². The minimum Gasteiger partial charge on any atom is -0.480 e. The van der Waals surface area contributed by atoms with Gasteiger partial charge in [-0.15, -0.1) is 0 Å². The monoisotopic (exact) mass is 290 g/mol. The second-order valence-corrected chi connectivity index (χ2v) is 5.51. The van der Waals surface area contributed by atoms with Crippen LogP contribution in [-0.4, -0.2) is 46.5 Å². The number of hydrogen-bond donors (Lipinski definition) is 1. The largest absolute Gasteiger partial charge is 0.480 e. The van der Waals surface area contributed by atoms with Gasteiger partial charge in [-0.2, -0.15) is 0 Å². The van der Waals surface area contributed by atoms with Gasteiger partial charge in [-0.25, -0.2) is 9.59 Å². The van der Waals surface area contributed by atoms with Crippen LogP contribution in [0.15, 0.2) is 24.3 Å². The van der Waals surface area contributed by atoms with E-state index in [0.717, 1.165) is 24.0 Å². The molecule has 0 saturated carbocycles. The number of carbonyl (C=O) groups is 2. The Morgan fingerprint density at radius 2 is 2.00 bits per heavy atom. The molecule has 1 atom stereocenters. The van der Waals surface area contributed by atoms with Crippen LogP contribution in [0.2, 0.25) is 0 Å². The van der Waals surface area contributed by atoms with Crippen molar-refractivity contribution in [3.8, 4) is 0 Å². The first-order valence-corrected chi connectivity index (χ1v) is 7.36. The fourth-order valence-electron chi connectivity index (χ4n) is 2.65. The molecule has 0 radical (unpaired) electrons. The maximum atomic E-state index is 12.5. The minimum atomic E-state index is -0.943. The summed E-state index contributed by atoms with van der Waals surface area (Å²) in [6, 6.07) is 6.74. The second kappa shape index (κ2) is 6.61. The standard InChI is InChI=1S/C16H22N2O3/c1-3-4-9-17(2)16(21)18-11-13-8-6-5-7-12(13)10-14(18)15(19)20/h5-8,14H,3-4,9-11H2,1-2H3,(H,19,20)/t14-/m0/s1. The van der Waals surface area contributed by atoms with Gasteiger partial charge >= 0.3 is 12.0 Å². The molecular weight excluding hydrogens is 268 g/mol. The number of amides is 2. The van der Waals surface area contributed by atoms with Gasteiger partial charge in [0.2, 0.25) is 0 Å². The van der Waals surface area contributed by atoms with Gasteiger partial charge in [-0.3, -0.25) is 0 Å². The Bertz CT molecular complexity index is 530. The summed E-state index contributed by atoms with van der Waals surface area (Å²) in [7, 11) is 1.73. The first-order valence-electron chi connectivity index (χ1n) is 7.36. The van der Waals surface area contributed by atoms with Gasteiger partial charge in [0.15, 0.2) is 0 Å². The molecule has 5 heteroatoms. The second-order valence-electron chi connectivity index (χ2n) is 5.51. The van der Waals surface area contributed by atoms with E-state index in [1.807, 2.05) is 24.3 Å². The van der Waals surface area contributed by atoms with Crippen LogP contribution in [0.4, 0.5) is 4.79 Å². The van der Waals surface area contributed by atoms with Crippen LogP contribution in [0.1, 0.15) is 30.9 Å². The van der Waals surface area contributed by atoms with Gasteiger partial charge in [0.25, 0.3) is 0 Å². The average Bonchev–Trinajstić information content (AvgIpc) is 2.50. The van der Waals surface area contributed by atoms with Gasteiger partial charge in [-0.1, -0.05) is 37.6 Å². The number of aliphatic carboxylic acids is 1. The predicted molar refractivity (Wildman–Crippen MR) is 80.0 cm³/mol. The number of carboxylic acids is 1. The molecule has 2 rings (SSSR count). The Morgan fingerprint density at radius 1 is 1.33 bits per heavy atom. The minimum absolute atomic E-state index is 0.203.